The Morgan fingerprint density at radius 3 is 2.53 bits per heavy atom. The molecular weight excluding hydrogens is 240 g/mol. The minimum atomic E-state index is 0.318. The van der Waals surface area contributed by atoms with Crippen LogP contribution in [0.15, 0.2) is 0 Å². The van der Waals surface area contributed by atoms with Crippen molar-refractivity contribution in [2.75, 3.05) is 65.4 Å². The van der Waals surface area contributed by atoms with Crippen molar-refractivity contribution in [2.24, 2.45) is 0 Å². The molecule has 0 aliphatic carbocycles. The summed E-state index contributed by atoms with van der Waals surface area (Å²) < 4.78 is 0. The lowest BCUT2D eigenvalue weighted by atomic mass is 10.3. The van der Waals surface area contributed by atoms with E-state index in [9.17, 15) is 4.79 Å². The van der Waals surface area contributed by atoms with Crippen LogP contribution in [0, 0.1) is 0 Å². The Labute approximate surface area is 116 Å². The summed E-state index contributed by atoms with van der Waals surface area (Å²) in [4.78, 5) is 19.1. The molecule has 0 atom stereocenters. The van der Waals surface area contributed by atoms with Gasteiger partial charge in [0.1, 0.15) is 0 Å². The molecule has 110 valence electrons. The second-order valence-electron chi connectivity index (χ2n) is 5.60. The zero-order valence-corrected chi connectivity index (χ0v) is 12.2. The van der Waals surface area contributed by atoms with Crippen LogP contribution >= 0.6 is 0 Å². The van der Waals surface area contributed by atoms with Gasteiger partial charge in [0.2, 0.25) is 5.91 Å². The number of amides is 1. The molecule has 0 spiro atoms. The van der Waals surface area contributed by atoms with Crippen molar-refractivity contribution in [3.63, 3.8) is 0 Å². The van der Waals surface area contributed by atoms with Crippen LogP contribution in [0.1, 0.15) is 19.8 Å². The molecule has 1 amide bonds. The molecule has 2 saturated heterocycles. The van der Waals surface area contributed by atoms with Crippen LogP contribution in [0.4, 0.5) is 0 Å². The molecule has 0 unspecified atom stereocenters. The van der Waals surface area contributed by atoms with Gasteiger partial charge in [-0.15, -0.1) is 0 Å². The molecule has 2 fully saturated rings. The van der Waals surface area contributed by atoms with Crippen molar-refractivity contribution >= 4 is 5.91 Å². The number of carbonyl (C=O) groups is 1. The second-order valence-corrected chi connectivity index (χ2v) is 5.60. The third-order valence-corrected chi connectivity index (χ3v) is 4.06. The third kappa shape index (κ3) is 4.75. The van der Waals surface area contributed by atoms with Gasteiger partial charge in [-0.1, -0.05) is 6.92 Å². The SMILES string of the molecule is CCCN1CCN(C(=O)CN2CCCNCC2)CC1. The molecule has 2 heterocycles. The molecule has 2 aliphatic rings. The minimum absolute atomic E-state index is 0.318. The first-order chi connectivity index (χ1) is 9.29. The Kier molecular flexibility index (Phi) is 6.07. The first kappa shape index (κ1) is 14.8. The van der Waals surface area contributed by atoms with Crippen LogP contribution in [0.2, 0.25) is 0 Å². The van der Waals surface area contributed by atoms with Gasteiger partial charge in [0.25, 0.3) is 0 Å². The fraction of sp³-hybridized carbons (Fsp3) is 0.929. The van der Waals surface area contributed by atoms with Gasteiger partial charge in [-0.3, -0.25) is 14.6 Å². The molecule has 0 aromatic carbocycles. The topological polar surface area (TPSA) is 38.8 Å². The van der Waals surface area contributed by atoms with E-state index in [-0.39, 0.29) is 0 Å². The number of rotatable bonds is 4. The van der Waals surface area contributed by atoms with Gasteiger partial charge < -0.3 is 10.2 Å². The smallest absolute Gasteiger partial charge is 0.236 e. The lowest BCUT2D eigenvalue weighted by Crippen LogP contribution is -2.51. The fourth-order valence-corrected chi connectivity index (χ4v) is 2.89. The number of nitrogens with one attached hydrogen (secondary N) is 1. The summed E-state index contributed by atoms with van der Waals surface area (Å²) in [5.41, 5.74) is 0. The Hall–Kier alpha value is -0.650. The maximum Gasteiger partial charge on any atom is 0.236 e. The standard InChI is InChI=1S/C14H28N4O/c1-2-6-16-9-11-18(12-10-16)14(19)13-17-7-3-4-15-5-8-17/h15H,2-13H2,1H3. The predicted molar refractivity (Wildman–Crippen MR) is 77.2 cm³/mol. The first-order valence-electron chi connectivity index (χ1n) is 7.73. The average Bonchev–Trinajstić information content (AvgIpc) is 2.68. The maximum absolute atomic E-state index is 12.3. The Bertz CT molecular complexity index is 269. The van der Waals surface area contributed by atoms with Crippen molar-refractivity contribution in [3.8, 4) is 0 Å². The summed E-state index contributed by atoms with van der Waals surface area (Å²) in [6.45, 7) is 12.0. The highest BCUT2D eigenvalue weighted by molar-refractivity contribution is 5.78. The molecule has 2 aliphatic heterocycles. The largest absolute Gasteiger partial charge is 0.339 e. The second kappa shape index (κ2) is 7.82. The lowest BCUT2D eigenvalue weighted by molar-refractivity contribution is -0.134. The van der Waals surface area contributed by atoms with Gasteiger partial charge >= 0.3 is 0 Å². The average molecular weight is 268 g/mol. The fourth-order valence-electron chi connectivity index (χ4n) is 2.89. The van der Waals surface area contributed by atoms with E-state index >= 15 is 0 Å². The Balaban J connectivity index is 1.71. The predicted octanol–water partition coefficient (Wildman–Crippen LogP) is -0.164. The molecule has 19 heavy (non-hydrogen) atoms. The molecular formula is C14H28N4O. The maximum atomic E-state index is 12.3. The number of hydrogen-bond acceptors (Lipinski definition) is 4. The van der Waals surface area contributed by atoms with E-state index in [4.69, 9.17) is 0 Å². The first-order valence-corrected chi connectivity index (χ1v) is 7.73. The van der Waals surface area contributed by atoms with Crippen LogP contribution < -0.4 is 5.32 Å². The van der Waals surface area contributed by atoms with Crippen molar-refractivity contribution in [3.05, 3.63) is 0 Å². The molecule has 2 rings (SSSR count). The number of hydrogen-bond donors (Lipinski definition) is 1. The van der Waals surface area contributed by atoms with Crippen LogP contribution in [-0.2, 0) is 4.79 Å². The van der Waals surface area contributed by atoms with Crippen LogP contribution in [0.25, 0.3) is 0 Å². The van der Waals surface area contributed by atoms with Crippen LogP contribution in [0.5, 0.6) is 0 Å². The molecule has 0 bridgehead atoms. The molecule has 0 aromatic heterocycles. The minimum Gasteiger partial charge on any atom is -0.339 e. The quantitative estimate of drug-likeness (QED) is 0.769. The molecule has 0 radical (unpaired) electrons. The number of carbonyl (C=O) groups excluding carboxylic acids is 1. The van der Waals surface area contributed by atoms with Crippen LogP contribution in [-0.4, -0.2) is 86.1 Å². The molecule has 5 nitrogen and oxygen atoms in total. The van der Waals surface area contributed by atoms with Crippen molar-refractivity contribution in [1.29, 1.82) is 0 Å². The van der Waals surface area contributed by atoms with Gasteiger partial charge in [-0.05, 0) is 32.5 Å². The van der Waals surface area contributed by atoms with E-state index in [1.807, 2.05) is 4.90 Å². The summed E-state index contributed by atoms with van der Waals surface area (Å²) in [6.07, 6.45) is 2.35. The normalized spacial score (nSPS) is 23.3. The van der Waals surface area contributed by atoms with Gasteiger partial charge in [0.05, 0.1) is 6.54 Å². The van der Waals surface area contributed by atoms with Gasteiger partial charge in [-0.25, -0.2) is 0 Å². The highest BCUT2D eigenvalue weighted by Gasteiger charge is 2.22. The summed E-state index contributed by atoms with van der Waals surface area (Å²) in [5, 5.41) is 3.38. The third-order valence-electron chi connectivity index (χ3n) is 4.06. The molecule has 0 saturated carbocycles. The van der Waals surface area contributed by atoms with Gasteiger partial charge in [0.15, 0.2) is 0 Å². The Morgan fingerprint density at radius 1 is 1.00 bits per heavy atom. The van der Waals surface area contributed by atoms with E-state index < -0.39 is 0 Å². The summed E-state index contributed by atoms with van der Waals surface area (Å²) in [6, 6.07) is 0. The summed E-state index contributed by atoms with van der Waals surface area (Å²) in [5.74, 6) is 0.318. The van der Waals surface area contributed by atoms with Gasteiger partial charge in [-0.2, -0.15) is 0 Å². The summed E-state index contributed by atoms with van der Waals surface area (Å²) in [7, 11) is 0. The number of piperazine rings is 1. The van der Waals surface area contributed by atoms with E-state index in [1.165, 1.54) is 13.0 Å². The van der Waals surface area contributed by atoms with Crippen molar-refractivity contribution in [1.82, 2.24) is 20.0 Å². The summed E-state index contributed by atoms with van der Waals surface area (Å²) >= 11 is 0. The Morgan fingerprint density at radius 2 is 1.79 bits per heavy atom. The van der Waals surface area contributed by atoms with E-state index in [0.717, 1.165) is 58.8 Å². The number of nitrogens with zero attached hydrogens (tertiary/aromatic N) is 3. The van der Waals surface area contributed by atoms with E-state index in [1.54, 1.807) is 0 Å². The zero-order chi connectivity index (χ0) is 13.5. The lowest BCUT2D eigenvalue weighted by Gasteiger charge is -2.35. The van der Waals surface area contributed by atoms with Gasteiger partial charge in [0, 0.05) is 39.3 Å². The van der Waals surface area contributed by atoms with Crippen LogP contribution in [0.3, 0.4) is 0 Å². The van der Waals surface area contributed by atoms with Crippen molar-refractivity contribution < 1.29 is 4.79 Å². The van der Waals surface area contributed by atoms with E-state index in [0.29, 0.717) is 12.5 Å². The molecule has 0 aromatic rings. The molecule has 5 heteroatoms. The highest BCUT2D eigenvalue weighted by atomic mass is 16.2. The van der Waals surface area contributed by atoms with Crippen molar-refractivity contribution in [2.45, 2.75) is 19.8 Å². The molecule has 1 N–H and O–H groups in total. The zero-order valence-electron chi connectivity index (χ0n) is 12.2. The van der Waals surface area contributed by atoms with E-state index in [2.05, 4.69) is 22.0 Å². The highest BCUT2D eigenvalue weighted by Crippen LogP contribution is 2.04. The monoisotopic (exact) mass is 268 g/mol.